The van der Waals surface area contributed by atoms with Crippen LogP contribution in [-0.4, -0.2) is 39.3 Å². The molecule has 1 aliphatic rings. The molecule has 0 spiro atoms. The first-order valence-electron chi connectivity index (χ1n) is 11.7. The number of nitrogens with zero attached hydrogens (tertiary/aromatic N) is 3. The van der Waals surface area contributed by atoms with Gasteiger partial charge in [0.05, 0.1) is 23.2 Å². The quantitative estimate of drug-likeness (QED) is 0.287. The molecule has 0 fully saturated rings. The summed E-state index contributed by atoms with van der Waals surface area (Å²) in [7, 11) is 0. The lowest BCUT2D eigenvalue weighted by Crippen LogP contribution is -2.41. The van der Waals surface area contributed by atoms with Gasteiger partial charge in [0, 0.05) is 16.8 Å². The van der Waals surface area contributed by atoms with Crippen molar-refractivity contribution in [3.8, 4) is 5.75 Å². The van der Waals surface area contributed by atoms with E-state index < -0.39 is 11.7 Å². The number of fused-ring (bicyclic) bond motifs is 1. The number of benzene rings is 3. The number of rotatable bonds is 7. The summed E-state index contributed by atoms with van der Waals surface area (Å²) in [5.41, 5.74) is 2.13. The second kappa shape index (κ2) is 10.2. The minimum atomic E-state index is -0.762. The molecule has 3 aromatic carbocycles. The van der Waals surface area contributed by atoms with Gasteiger partial charge in [0.2, 0.25) is 0 Å². The second-order valence-corrected chi connectivity index (χ2v) is 9.39. The normalized spacial score (nSPS) is 17.7. The monoisotopic (exact) mass is 521 g/mol. The second-order valence-electron chi connectivity index (χ2n) is 8.98. The molecule has 10 heteroatoms. The maximum Gasteiger partial charge on any atom is 0.290 e. The Balaban J connectivity index is 1.31. The van der Waals surface area contributed by atoms with E-state index >= 15 is 0 Å². The number of aliphatic hydroxyl groups is 1. The van der Waals surface area contributed by atoms with Crippen molar-refractivity contribution in [2.75, 3.05) is 17.2 Å². The molecular weight excluding hydrogens is 497 g/mol. The number of aromatic nitrogens is 2. The predicted octanol–water partition coefficient (Wildman–Crippen LogP) is 5.68. The number of amidine groups is 1. The lowest BCUT2D eigenvalue weighted by atomic mass is 10.0. The molecule has 1 unspecified atom stereocenters. The van der Waals surface area contributed by atoms with Crippen molar-refractivity contribution in [1.29, 1.82) is 0 Å². The Morgan fingerprint density at radius 3 is 2.68 bits per heavy atom. The van der Waals surface area contributed by atoms with Crippen LogP contribution < -0.4 is 15.4 Å². The molecular formula is C27H25ClFN5O3. The van der Waals surface area contributed by atoms with Crippen molar-refractivity contribution in [3.05, 3.63) is 83.4 Å². The largest absolute Gasteiger partial charge is 0.487 e. The number of hydrogen-bond acceptors (Lipinski definition) is 8. The van der Waals surface area contributed by atoms with Gasteiger partial charge in [-0.05, 0) is 67.9 Å². The lowest BCUT2D eigenvalue weighted by molar-refractivity contribution is -0.0197. The van der Waals surface area contributed by atoms with Crippen LogP contribution in [-0.2, 0) is 11.3 Å². The van der Waals surface area contributed by atoms with Gasteiger partial charge in [0.1, 0.15) is 30.3 Å². The van der Waals surface area contributed by atoms with E-state index in [9.17, 15) is 9.50 Å². The van der Waals surface area contributed by atoms with Crippen LogP contribution in [0.3, 0.4) is 0 Å². The van der Waals surface area contributed by atoms with Crippen molar-refractivity contribution in [3.63, 3.8) is 0 Å². The average molecular weight is 522 g/mol. The molecule has 1 aromatic heterocycles. The van der Waals surface area contributed by atoms with E-state index in [1.807, 2.05) is 31.2 Å². The number of aliphatic hydroxyl groups excluding tert-OH is 1. The fourth-order valence-electron chi connectivity index (χ4n) is 3.77. The molecule has 0 saturated heterocycles. The molecule has 0 radical (unpaired) electrons. The van der Waals surface area contributed by atoms with Gasteiger partial charge in [-0.15, -0.1) is 0 Å². The Bertz CT molecular complexity index is 1480. The van der Waals surface area contributed by atoms with E-state index in [0.717, 1.165) is 16.6 Å². The van der Waals surface area contributed by atoms with Gasteiger partial charge in [-0.2, -0.15) is 0 Å². The van der Waals surface area contributed by atoms with Gasteiger partial charge >= 0.3 is 0 Å². The summed E-state index contributed by atoms with van der Waals surface area (Å²) in [5, 5.41) is 17.6. The predicted molar refractivity (Wildman–Crippen MR) is 142 cm³/mol. The van der Waals surface area contributed by atoms with Gasteiger partial charge < -0.3 is 25.2 Å². The van der Waals surface area contributed by atoms with Crippen LogP contribution >= 0.6 is 11.6 Å². The van der Waals surface area contributed by atoms with Gasteiger partial charge in [0.25, 0.3) is 6.02 Å². The van der Waals surface area contributed by atoms with Crippen LogP contribution in [0.1, 0.15) is 19.4 Å². The Labute approximate surface area is 218 Å². The summed E-state index contributed by atoms with van der Waals surface area (Å²) in [4.78, 5) is 13.1. The summed E-state index contributed by atoms with van der Waals surface area (Å²) >= 11 is 6.45. The molecule has 4 aromatic rings. The fourth-order valence-corrected chi connectivity index (χ4v) is 4.01. The van der Waals surface area contributed by atoms with E-state index in [1.54, 1.807) is 31.2 Å². The highest BCUT2D eigenvalue weighted by molar-refractivity contribution is 6.32. The SMILES string of the molecule is CC(O)[C@]1(C)CN=C(Nc2ccc3ncnc(Nc4ccc(OCc5cccc(F)c5)c(Cl)c4)c3c2)O1. The number of aliphatic imine (C=N–C) groups is 1. The Morgan fingerprint density at radius 1 is 1.11 bits per heavy atom. The van der Waals surface area contributed by atoms with Crippen molar-refractivity contribution >= 4 is 45.7 Å². The van der Waals surface area contributed by atoms with Crippen molar-refractivity contribution in [2.45, 2.75) is 32.2 Å². The molecule has 8 nitrogen and oxygen atoms in total. The standard InChI is InChI=1S/C27H25ClFN5O3/c1-16(35)27(2)14-30-26(37-27)34-19-6-8-23-21(11-19)25(32-15-31-23)33-20-7-9-24(22(28)12-20)36-13-17-4-3-5-18(29)10-17/h3-12,15-16,35H,13-14H2,1-2H3,(H,30,34)(H,31,32,33)/t16?,27-/m0/s1. The van der Waals surface area contributed by atoms with Crippen LogP contribution in [0.4, 0.5) is 21.6 Å². The molecule has 5 rings (SSSR count). The fraction of sp³-hybridized carbons (Fsp3) is 0.222. The van der Waals surface area contributed by atoms with E-state index in [1.165, 1.54) is 18.5 Å². The number of nitrogens with one attached hydrogen (secondary N) is 2. The molecule has 2 heterocycles. The number of anilines is 3. The van der Waals surface area contributed by atoms with Crippen LogP contribution in [0, 0.1) is 5.82 Å². The topological polar surface area (TPSA) is 101 Å². The zero-order valence-electron chi connectivity index (χ0n) is 20.2. The number of hydrogen-bond donors (Lipinski definition) is 3. The van der Waals surface area contributed by atoms with Crippen LogP contribution in [0.5, 0.6) is 5.75 Å². The molecule has 0 bridgehead atoms. The Kier molecular flexibility index (Phi) is 6.82. The zero-order chi connectivity index (χ0) is 26.0. The minimum Gasteiger partial charge on any atom is -0.487 e. The smallest absolute Gasteiger partial charge is 0.290 e. The van der Waals surface area contributed by atoms with Crippen LogP contribution in [0.15, 0.2) is 72.0 Å². The third-order valence-electron chi connectivity index (χ3n) is 6.11. The molecule has 0 aliphatic carbocycles. The van der Waals surface area contributed by atoms with E-state index in [2.05, 4.69) is 25.6 Å². The van der Waals surface area contributed by atoms with E-state index in [0.29, 0.717) is 40.4 Å². The maximum absolute atomic E-state index is 13.4. The zero-order valence-corrected chi connectivity index (χ0v) is 21.0. The molecule has 0 saturated carbocycles. The van der Waals surface area contributed by atoms with Gasteiger partial charge in [0.15, 0.2) is 5.60 Å². The Hall–Kier alpha value is -3.95. The van der Waals surface area contributed by atoms with E-state index in [4.69, 9.17) is 21.1 Å². The highest BCUT2D eigenvalue weighted by atomic mass is 35.5. The summed E-state index contributed by atoms with van der Waals surface area (Å²) in [6, 6.07) is 17.5. The Morgan fingerprint density at radius 2 is 1.92 bits per heavy atom. The molecule has 2 atom stereocenters. The maximum atomic E-state index is 13.4. The van der Waals surface area contributed by atoms with Gasteiger partial charge in [-0.1, -0.05) is 23.7 Å². The molecule has 3 N–H and O–H groups in total. The highest BCUT2D eigenvalue weighted by Gasteiger charge is 2.38. The van der Waals surface area contributed by atoms with Crippen molar-refractivity contribution in [1.82, 2.24) is 9.97 Å². The highest BCUT2D eigenvalue weighted by Crippen LogP contribution is 2.32. The van der Waals surface area contributed by atoms with Crippen molar-refractivity contribution in [2.24, 2.45) is 4.99 Å². The van der Waals surface area contributed by atoms with Gasteiger partial charge in [-0.3, -0.25) is 0 Å². The lowest BCUT2D eigenvalue weighted by Gasteiger charge is -2.26. The first kappa shape index (κ1) is 24.7. The van der Waals surface area contributed by atoms with Crippen LogP contribution in [0.25, 0.3) is 10.9 Å². The first-order chi connectivity index (χ1) is 17.8. The summed E-state index contributed by atoms with van der Waals surface area (Å²) in [6.45, 7) is 4.05. The first-order valence-corrected chi connectivity index (χ1v) is 12.0. The molecule has 1 aliphatic heterocycles. The van der Waals surface area contributed by atoms with E-state index in [-0.39, 0.29) is 12.4 Å². The molecule has 190 valence electrons. The summed E-state index contributed by atoms with van der Waals surface area (Å²) in [5.74, 6) is 0.752. The average Bonchev–Trinajstić information content (AvgIpc) is 3.26. The van der Waals surface area contributed by atoms with Gasteiger partial charge in [-0.25, -0.2) is 19.4 Å². The summed E-state index contributed by atoms with van der Waals surface area (Å²) in [6.07, 6.45) is 0.815. The molecule has 37 heavy (non-hydrogen) atoms. The van der Waals surface area contributed by atoms with Crippen molar-refractivity contribution < 1.29 is 19.0 Å². The minimum absolute atomic E-state index is 0.196. The third kappa shape index (κ3) is 5.58. The van der Waals surface area contributed by atoms with Crippen LogP contribution in [0.2, 0.25) is 5.02 Å². The number of ether oxygens (including phenoxy) is 2. The molecule has 0 amide bonds. The number of halogens is 2. The third-order valence-corrected chi connectivity index (χ3v) is 6.41. The summed E-state index contributed by atoms with van der Waals surface area (Å²) < 4.78 is 25.0.